The molecule has 0 radical (unpaired) electrons. The molecule has 0 aliphatic heterocycles. The maximum absolute atomic E-state index is 10.2. The molecule has 2 heteroatoms. The minimum atomic E-state index is -0.272. The van der Waals surface area contributed by atoms with E-state index in [0.717, 1.165) is 23.4 Å². The summed E-state index contributed by atoms with van der Waals surface area (Å²) in [4.78, 5) is 0. The summed E-state index contributed by atoms with van der Waals surface area (Å²) < 4.78 is 0. The summed E-state index contributed by atoms with van der Waals surface area (Å²) in [5.74, 6) is 0.641. The Labute approximate surface area is 116 Å². The number of hydrogen-bond donors (Lipinski definition) is 1. The fourth-order valence-electron chi connectivity index (χ4n) is 2.37. The molecule has 0 fully saturated rings. The molecule has 0 aromatic heterocycles. The first kappa shape index (κ1) is 15.5. The summed E-state index contributed by atoms with van der Waals surface area (Å²) >= 11 is 6.11. The highest BCUT2D eigenvalue weighted by atomic mass is 35.5. The molecule has 0 aliphatic carbocycles. The molecule has 0 heterocycles. The highest BCUT2D eigenvalue weighted by Crippen LogP contribution is 2.22. The lowest BCUT2D eigenvalue weighted by Gasteiger charge is -2.19. The van der Waals surface area contributed by atoms with Gasteiger partial charge in [-0.2, -0.15) is 0 Å². The monoisotopic (exact) mass is 268 g/mol. The Hall–Kier alpha value is -0.530. The lowest BCUT2D eigenvalue weighted by Crippen LogP contribution is -2.16. The number of hydrogen-bond acceptors (Lipinski definition) is 1. The van der Waals surface area contributed by atoms with Gasteiger partial charge in [-0.15, -0.1) is 0 Å². The van der Waals surface area contributed by atoms with Crippen molar-refractivity contribution in [2.45, 2.75) is 58.5 Å². The highest BCUT2D eigenvalue weighted by Gasteiger charge is 2.14. The molecule has 102 valence electrons. The van der Waals surface area contributed by atoms with Crippen LogP contribution in [0.4, 0.5) is 0 Å². The van der Waals surface area contributed by atoms with Gasteiger partial charge in [0, 0.05) is 5.02 Å². The summed E-state index contributed by atoms with van der Waals surface area (Å²) in [6.45, 7) is 4.43. The Kier molecular flexibility index (Phi) is 7.38. The number of unbranched alkanes of at least 4 members (excludes halogenated alkanes) is 1. The number of aliphatic hydroxyl groups excluding tert-OH is 1. The van der Waals surface area contributed by atoms with Crippen LogP contribution < -0.4 is 0 Å². The van der Waals surface area contributed by atoms with Crippen molar-refractivity contribution in [1.82, 2.24) is 0 Å². The maximum Gasteiger partial charge on any atom is 0.0583 e. The van der Waals surface area contributed by atoms with Gasteiger partial charge >= 0.3 is 0 Å². The van der Waals surface area contributed by atoms with E-state index in [2.05, 4.69) is 13.8 Å². The molecule has 0 bridgehead atoms. The molecular formula is C16H25ClO. The predicted octanol–water partition coefficient (Wildman–Crippen LogP) is 4.85. The van der Waals surface area contributed by atoms with Crippen molar-refractivity contribution >= 4 is 11.6 Å². The lowest BCUT2D eigenvalue weighted by molar-refractivity contribution is 0.137. The van der Waals surface area contributed by atoms with Gasteiger partial charge in [0.25, 0.3) is 0 Å². The van der Waals surface area contributed by atoms with E-state index in [1.165, 1.54) is 19.3 Å². The molecule has 0 aliphatic rings. The van der Waals surface area contributed by atoms with Crippen molar-refractivity contribution in [2.24, 2.45) is 5.92 Å². The second kappa shape index (κ2) is 8.55. The van der Waals surface area contributed by atoms with Crippen molar-refractivity contribution in [2.75, 3.05) is 0 Å². The SMILES string of the molecule is CCCCC(CC)CC(O)Cc1ccccc1Cl. The molecule has 0 saturated carbocycles. The summed E-state index contributed by atoms with van der Waals surface area (Å²) in [5.41, 5.74) is 1.05. The molecule has 2 unspecified atom stereocenters. The van der Waals surface area contributed by atoms with Gasteiger partial charge in [0.05, 0.1) is 6.10 Å². The summed E-state index contributed by atoms with van der Waals surface area (Å²) in [7, 11) is 0. The van der Waals surface area contributed by atoms with Crippen molar-refractivity contribution in [3.63, 3.8) is 0 Å². The second-order valence-corrected chi connectivity index (χ2v) is 5.51. The van der Waals surface area contributed by atoms with Gasteiger partial charge in [-0.3, -0.25) is 0 Å². The molecule has 1 rings (SSSR count). The van der Waals surface area contributed by atoms with Crippen LogP contribution in [0.2, 0.25) is 5.02 Å². The standard InChI is InChI=1S/C16H25ClO/c1-3-5-8-13(4-2)11-15(18)12-14-9-6-7-10-16(14)17/h6-7,9-10,13,15,18H,3-5,8,11-12H2,1-2H3. The number of rotatable bonds is 8. The van der Waals surface area contributed by atoms with E-state index >= 15 is 0 Å². The normalized spacial score (nSPS) is 14.4. The zero-order valence-corrected chi connectivity index (χ0v) is 12.3. The Bertz CT molecular complexity index is 338. The molecule has 0 saturated heterocycles. The van der Waals surface area contributed by atoms with E-state index in [9.17, 15) is 5.11 Å². The van der Waals surface area contributed by atoms with Crippen molar-refractivity contribution in [3.8, 4) is 0 Å². The third-order valence-electron chi connectivity index (χ3n) is 3.56. The molecule has 1 nitrogen and oxygen atoms in total. The Morgan fingerprint density at radius 2 is 1.94 bits per heavy atom. The van der Waals surface area contributed by atoms with Crippen LogP contribution >= 0.6 is 11.6 Å². The second-order valence-electron chi connectivity index (χ2n) is 5.10. The minimum Gasteiger partial charge on any atom is -0.393 e. The van der Waals surface area contributed by atoms with E-state index in [1.54, 1.807) is 0 Å². The third kappa shape index (κ3) is 5.41. The topological polar surface area (TPSA) is 20.2 Å². The van der Waals surface area contributed by atoms with E-state index in [0.29, 0.717) is 12.3 Å². The van der Waals surface area contributed by atoms with Gasteiger partial charge in [0.1, 0.15) is 0 Å². The average molecular weight is 269 g/mol. The van der Waals surface area contributed by atoms with Gasteiger partial charge in [-0.05, 0) is 30.4 Å². The van der Waals surface area contributed by atoms with Crippen molar-refractivity contribution < 1.29 is 5.11 Å². The fraction of sp³-hybridized carbons (Fsp3) is 0.625. The molecule has 0 amide bonds. The quantitative estimate of drug-likeness (QED) is 0.715. The molecule has 1 aromatic carbocycles. The number of halogens is 1. The van der Waals surface area contributed by atoms with Crippen molar-refractivity contribution in [3.05, 3.63) is 34.9 Å². The predicted molar refractivity (Wildman–Crippen MR) is 79.1 cm³/mol. The van der Waals surface area contributed by atoms with E-state index in [4.69, 9.17) is 11.6 Å². The molecule has 1 N–H and O–H groups in total. The molecule has 1 aromatic rings. The number of benzene rings is 1. The zero-order valence-electron chi connectivity index (χ0n) is 11.5. The van der Waals surface area contributed by atoms with Crippen LogP contribution in [0.3, 0.4) is 0 Å². The van der Waals surface area contributed by atoms with Gasteiger partial charge < -0.3 is 5.11 Å². The van der Waals surface area contributed by atoms with Crippen LogP contribution in [0, 0.1) is 5.92 Å². The number of aliphatic hydroxyl groups is 1. The van der Waals surface area contributed by atoms with Crippen LogP contribution in [-0.2, 0) is 6.42 Å². The Morgan fingerprint density at radius 3 is 2.56 bits per heavy atom. The van der Waals surface area contributed by atoms with E-state index in [1.807, 2.05) is 24.3 Å². The van der Waals surface area contributed by atoms with Gasteiger partial charge in [-0.1, -0.05) is 69.3 Å². The highest BCUT2D eigenvalue weighted by molar-refractivity contribution is 6.31. The largest absolute Gasteiger partial charge is 0.393 e. The van der Waals surface area contributed by atoms with Gasteiger partial charge in [0.2, 0.25) is 0 Å². The molecule has 2 atom stereocenters. The van der Waals surface area contributed by atoms with Crippen LogP contribution in [0.5, 0.6) is 0 Å². The lowest BCUT2D eigenvalue weighted by atomic mass is 9.91. The molecule has 0 spiro atoms. The van der Waals surface area contributed by atoms with Crippen LogP contribution in [0.15, 0.2) is 24.3 Å². The maximum atomic E-state index is 10.2. The Morgan fingerprint density at radius 1 is 1.22 bits per heavy atom. The third-order valence-corrected chi connectivity index (χ3v) is 3.93. The smallest absolute Gasteiger partial charge is 0.0583 e. The Balaban J connectivity index is 2.45. The van der Waals surface area contributed by atoms with Gasteiger partial charge in [0.15, 0.2) is 0 Å². The van der Waals surface area contributed by atoms with Gasteiger partial charge in [-0.25, -0.2) is 0 Å². The van der Waals surface area contributed by atoms with Crippen molar-refractivity contribution in [1.29, 1.82) is 0 Å². The average Bonchev–Trinajstić information content (AvgIpc) is 2.37. The van der Waals surface area contributed by atoms with Crippen LogP contribution in [0.25, 0.3) is 0 Å². The molecular weight excluding hydrogens is 244 g/mol. The van der Waals surface area contributed by atoms with Crippen LogP contribution in [-0.4, -0.2) is 11.2 Å². The van der Waals surface area contributed by atoms with E-state index in [-0.39, 0.29) is 6.10 Å². The summed E-state index contributed by atoms with van der Waals surface area (Å²) in [6, 6.07) is 7.78. The zero-order chi connectivity index (χ0) is 13.4. The summed E-state index contributed by atoms with van der Waals surface area (Å²) in [6.07, 6.45) is 6.16. The minimum absolute atomic E-state index is 0.272. The first-order valence-corrected chi connectivity index (χ1v) is 7.46. The summed E-state index contributed by atoms with van der Waals surface area (Å²) in [5, 5.41) is 10.9. The van der Waals surface area contributed by atoms with E-state index < -0.39 is 0 Å². The molecule has 18 heavy (non-hydrogen) atoms. The van der Waals surface area contributed by atoms with Crippen LogP contribution in [0.1, 0.15) is 51.5 Å². The first-order chi connectivity index (χ1) is 8.67. The fourth-order valence-corrected chi connectivity index (χ4v) is 2.58. The first-order valence-electron chi connectivity index (χ1n) is 7.08.